The van der Waals surface area contributed by atoms with E-state index >= 15 is 0 Å². The van der Waals surface area contributed by atoms with Gasteiger partial charge in [0.2, 0.25) is 0 Å². The third kappa shape index (κ3) is 5.63. The molecule has 0 saturated heterocycles. The van der Waals surface area contributed by atoms with Crippen LogP contribution >= 0.6 is 55.2 Å². The number of carbonyl (C=O) groups excluding carboxylic acids is 1. The number of phenolic OH excluding ortho intramolecular Hbond substituents is 1. The van der Waals surface area contributed by atoms with Crippen molar-refractivity contribution in [2.75, 3.05) is 5.75 Å². The first kappa shape index (κ1) is 22.8. The number of aromatic hydroxyl groups is 1. The molecule has 0 atom stereocenters. The van der Waals surface area contributed by atoms with Gasteiger partial charge in [0.05, 0.1) is 16.4 Å². The summed E-state index contributed by atoms with van der Waals surface area (Å²) in [6.07, 6.45) is 1.38. The van der Waals surface area contributed by atoms with Gasteiger partial charge >= 0.3 is 0 Å². The van der Waals surface area contributed by atoms with Gasteiger partial charge in [-0.2, -0.15) is 5.10 Å². The molecule has 2 N–H and O–H groups in total. The fourth-order valence-electron chi connectivity index (χ4n) is 2.51. The van der Waals surface area contributed by atoms with Crippen LogP contribution in [-0.4, -0.2) is 37.7 Å². The number of hydrazone groups is 1. The molecule has 0 fully saturated rings. The number of nitrogens with one attached hydrogen (secondary N) is 1. The van der Waals surface area contributed by atoms with Gasteiger partial charge in [0.25, 0.3) is 5.91 Å². The number of hydrogen-bond acceptors (Lipinski definition) is 6. The van der Waals surface area contributed by atoms with E-state index in [-0.39, 0.29) is 17.4 Å². The van der Waals surface area contributed by atoms with E-state index in [4.69, 9.17) is 11.6 Å². The van der Waals surface area contributed by atoms with Crippen LogP contribution in [0.3, 0.4) is 0 Å². The number of amides is 1. The number of benzene rings is 2. The van der Waals surface area contributed by atoms with Crippen LogP contribution in [0, 0.1) is 0 Å². The lowest BCUT2D eigenvalue weighted by atomic mass is 10.2. The molecule has 7 nitrogen and oxygen atoms in total. The molecule has 0 spiro atoms. The number of hydrogen-bond donors (Lipinski definition) is 2. The summed E-state index contributed by atoms with van der Waals surface area (Å²) in [5.41, 5.74) is 3.80. The molecule has 0 aliphatic carbocycles. The van der Waals surface area contributed by atoms with Crippen LogP contribution in [-0.2, 0) is 11.3 Å². The summed E-state index contributed by atoms with van der Waals surface area (Å²) in [6.45, 7) is 2.64. The van der Waals surface area contributed by atoms with Crippen molar-refractivity contribution in [1.29, 1.82) is 0 Å². The normalized spacial score (nSPS) is 11.2. The van der Waals surface area contributed by atoms with Crippen molar-refractivity contribution in [3.63, 3.8) is 0 Å². The molecule has 1 heterocycles. The molecular weight excluding hydrogens is 558 g/mol. The van der Waals surface area contributed by atoms with Crippen molar-refractivity contribution in [2.45, 2.75) is 18.6 Å². The highest BCUT2D eigenvalue weighted by molar-refractivity contribution is 9.11. The molecule has 0 unspecified atom stereocenters. The zero-order valence-electron chi connectivity index (χ0n) is 15.6. The molecule has 3 aromatic rings. The predicted octanol–water partition coefficient (Wildman–Crippen LogP) is 5.09. The molecular formula is C19H16Br2ClN5O2S. The zero-order chi connectivity index (χ0) is 21.7. The van der Waals surface area contributed by atoms with E-state index in [0.29, 0.717) is 32.6 Å². The summed E-state index contributed by atoms with van der Waals surface area (Å²) >= 11 is 13.8. The van der Waals surface area contributed by atoms with Gasteiger partial charge in [0, 0.05) is 27.2 Å². The van der Waals surface area contributed by atoms with E-state index in [2.05, 4.69) is 52.6 Å². The van der Waals surface area contributed by atoms with E-state index < -0.39 is 0 Å². The highest BCUT2D eigenvalue weighted by atomic mass is 79.9. The smallest absolute Gasteiger partial charge is 0.250 e. The van der Waals surface area contributed by atoms with Gasteiger partial charge in [-0.05, 0) is 59.3 Å². The summed E-state index contributed by atoms with van der Waals surface area (Å²) in [4.78, 5) is 12.1. The molecule has 0 radical (unpaired) electrons. The molecule has 0 bridgehead atoms. The number of rotatable bonds is 7. The molecule has 0 aliphatic heterocycles. The maximum atomic E-state index is 12.1. The van der Waals surface area contributed by atoms with Gasteiger partial charge in [-0.1, -0.05) is 39.3 Å². The van der Waals surface area contributed by atoms with Crippen molar-refractivity contribution in [3.05, 3.63) is 55.9 Å². The van der Waals surface area contributed by atoms with E-state index in [1.165, 1.54) is 18.0 Å². The average Bonchev–Trinajstić information content (AvgIpc) is 3.13. The second-order valence-corrected chi connectivity index (χ2v) is 9.11. The van der Waals surface area contributed by atoms with Crippen molar-refractivity contribution >= 4 is 67.3 Å². The van der Waals surface area contributed by atoms with Crippen molar-refractivity contribution < 1.29 is 9.90 Å². The molecule has 1 amide bonds. The minimum Gasteiger partial charge on any atom is -0.506 e. The van der Waals surface area contributed by atoms with Gasteiger partial charge in [-0.25, -0.2) is 5.43 Å². The number of nitrogens with zero attached hydrogens (tertiary/aromatic N) is 4. The summed E-state index contributed by atoms with van der Waals surface area (Å²) in [7, 11) is 0. The molecule has 0 saturated carbocycles. The second kappa shape index (κ2) is 10.4. The highest BCUT2D eigenvalue weighted by Crippen LogP contribution is 2.30. The Balaban J connectivity index is 1.62. The standard InChI is InChI=1S/C19H16Br2ClN5O2S/c1-2-27-18(11-3-5-14(22)6-4-11)25-26-19(27)30-10-16(28)24-23-9-12-7-13(20)8-15(21)17(12)29/h3-9,29H,2,10H2,1H3,(H,24,28)/b23-9+. The van der Waals surface area contributed by atoms with Crippen molar-refractivity contribution in [2.24, 2.45) is 5.10 Å². The number of thioether (sulfide) groups is 1. The van der Waals surface area contributed by atoms with E-state index in [1.54, 1.807) is 24.3 Å². The largest absolute Gasteiger partial charge is 0.506 e. The highest BCUT2D eigenvalue weighted by Gasteiger charge is 2.14. The fraction of sp³-hybridized carbons (Fsp3) is 0.158. The Morgan fingerprint density at radius 1 is 1.30 bits per heavy atom. The fourth-order valence-corrected chi connectivity index (χ4v) is 4.69. The monoisotopic (exact) mass is 571 g/mol. The summed E-state index contributed by atoms with van der Waals surface area (Å²) in [5, 5.41) is 23.6. The third-order valence-electron chi connectivity index (χ3n) is 3.92. The van der Waals surface area contributed by atoms with Crippen LogP contribution in [0.15, 0.2) is 55.6 Å². The average molecular weight is 574 g/mol. The van der Waals surface area contributed by atoms with Crippen LogP contribution in [0.5, 0.6) is 5.75 Å². The van der Waals surface area contributed by atoms with E-state index in [9.17, 15) is 9.90 Å². The maximum absolute atomic E-state index is 12.1. The molecule has 11 heteroatoms. The Bertz CT molecular complexity index is 1090. The third-order valence-corrected chi connectivity index (χ3v) is 6.20. The first-order valence-electron chi connectivity index (χ1n) is 8.71. The Morgan fingerprint density at radius 3 is 2.73 bits per heavy atom. The first-order chi connectivity index (χ1) is 14.4. The topological polar surface area (TPSA) is 92.4 Å². The Morgan fingerprint density at radius 2 is 2.03 bits per heavy atom. The van der Waals surface area contributed by atoms with Gasteiger partial charge in [0.1, 0.15) is 5.75 Å². The Hall–Kier alpha value is -1.88. The van der Waals surface area contributed by atoms with Crippen LogP contribution in [0.2, 0.25) is 5.02 Å². The first-order valence-corrected chi connectivity index (χ1v) is 11.7. The van der Waals surface area contributed by atoms with E-state index in [1.807, 2.05) is 23.6 Å². The summed E-state index contributed by atoms with van der Waals surface area (Å²) in [5.74, 6) is 0.565. The lowest BCUT2D eigenvalue weighted by Gasteiger charge is -2.07. The van der Waals surface area contributed by atoms with Gasteiger partial charge in [-0.15, -0.1) is 10.2 Å². The Labute approximate surface area is 199 Å². The van der Waals surface area contributed by atoms with Crippen LogP contribution < -0.4 is 5.43 Å². The number of halogens is 3. The molecule has 156 valence electrons. The number of phenols is 1. The zero-order valence-corrected chi connectivity index (χ0v) is 20.4. The molecule has 2 aromatic carbocycles. The quantitative estimate of drug-likeness (QED) is 0.233. The predicted molar refractivity (Wildman–Crippen MR) is 126 cm³/mol. The lowest BCUT2D eigenvalue weighted by molar-refractivity contribution is -0.118. The molecule has 1 aromatic heterocycles. The van der Waals surface area contributed by atoms with Gasteiger partial charge < -0.3 is 9.67 Å². The second-order valence-electron chi connectivity index (χ2n) is 5.96. The van der Waals surface area contributed by atoms with Crippen molar-refractivity contribution in [1.82, 2.24) is 20.2 Å². The SMILES string of the molecule is CCn1c(SCC(=O)N/N=C/c2cc(Br)cc(Br)c2O)nnc1-c1ccc(Cl)cc1. The maximum Gasteiger partial charge on any atom is 0.250 e. The Kier molecular flexibility index (Phi) is 7.93. The molecule has 0 aliphatic rings. The lowest BCUT2D eigenvalue weighted by Crippen LogP contribution is -2.20. The number of carbonyl (C=O) groups is 1. The minimum absolute atomic E-state index is 0.0383. The molecule has 3 rings (SSSR count). The summed E-state index contributed by atoms with van der Waals surface area (Å²) in [6, 6.07) is 10.8. The van der Waals surface area contributed by atoms with Crippen LogP contribution in [0.4, 0.5) is 0 Å². The van der Waals surface area contributed by atoms with Gasteiger partial charge in [0.15, 0.2) is 11.0 Å². The van der Waals surface area contributed by atoms with Gasteiger partial charge in [-0.3, -0.25) is 4.79 Å². The minimum atomic E-state index is -0.302. The van der Waals surface area contributed by atoms with Crippen LogP contribution in [0.1, 0.15) is 12.5 Å². The van der Waals surface area contributed by atoms with Crippen molar-refractivity contribution in [3.8, 4) is 17.1 Å². The number of aromatic nitrogens is 3. The van der Waals surface area contributed by atoms with E-state index in [0.717, 1.165) is 10.0 Å². The summed E-state index contributed by atoms with van der Waals surface area (Å²) < 4.78 is 3.23. The molecule has 30 heavy (non-hydrogen) atoms. The van der Waals surface area contributed by atoms with Crippen LogP contribution in [0.25, 0.3) is 11.4 Å².